The van der Waals surface area contributed by atoms with Crippen LogP contribution in [0, 0.1) is 0 Å². The molecule has 20 aromatic carbocycles. The van der Waals surface area contributed by atoms with Crippen molar-refractivity contribution in [2.75, 3.05) is 0 Å². The SMILES string of the molecule is c1ccc(-c2ccc3cc(-c4nc(-c5ccc(-c6cc7ccccc7o6)cc5)nc(-c5ccc6c(c5)sc5ccccc56)n4)ccc3c2)cc1.c1ccc(-c2ccc3cc(-c4nc(-c5ccc(-c6cc7ccccc7o6)cc5)nc(-c5ccccc5-c5ccccc5)n4)ccc3c2)cc1.c1ccc(-c2ccc3cc(-c4nc(-c5ccc(-c6cccnc6)cc5)nc(-c5ccc(-c6cc7ccccc7o6)cc5)n4)ccc3c2)cc1. The van der Waals surface area contributed by atoms with Gasteiger partial charge in [0.15, 0.2) is 52.4 Å². The molecule has 28 rings (SSSR count). The molecule has 0 bridgehead atoms. The predicted molar refractivity (Wildman–Crippen MR) is 604 cm³/mol. The lowest BCUT2D eigenvalue weighted by Gasteiger charge is -2.12. The highest BCUT2D eigenvalue weighted by Gasteiger charge is 2.23. The zero-order valence-electron chi connectivity index (χ0n) is 79.6. The number of aromatic nitrogens is 10. The van der Waals surface area contributed by atoms with Gasteiger partial charge in [0.1, 0.15) is 34.0 Å². The minimum absolute atomic E-state index is 0.604. The van der Waals surface area contributed by atoms with Crippen LogP contribution >= 0.6 is 11.3 Å². The van der Waals surface area contributed by atoms with E-state index in [1.54, 1.807) is 17.5 Å². The Morgan fingerprint density at radius 3 is 0.784 bits per heavy atom. The molecule has 0 N–H and O–H groups in total. The van der Waals surface area contributed by atoms with Crippen molar-refractivity contribution in [3.05, 3.63) is 510 Å². The lowest BCUT2D eigenvalue weighted by molar-refractivity contribution is 0.631. The van der Waals surface area contributed by atoms with E-state index in [1.807, 2.05) is 109 Å². The summed E-state index contributed by atoms with van der Waals surface area (Å²) in [6.45, 7) is 0. The summed E-state index contributed by atoms with van der Waals surface area (Å²) >= 11 is 1.79. The van der Waals surface area contributed by atoms with Crippen LogP contribution in [0.15, 0.2) is 523 Å². The minimum atomic E-state index is 0.604. The first kappa shape index (κ1) is 88.4. The third-order valence-electron chi connectivity index (χ3n) is 27.1. The van der Waals surface area contributed by atoms with Gasteiger partial charge in [0.05, 0.1) is 0 Å². The van der Waals surface area contributed by atoms with Crippen LogP contribution in [0.1, 0.15) is 0 Å². The predicted octanol–water partition coefficient (Wildman–Crippen LogP) is 35.4. The molecule has 0 aliphatic heterocycles. The van der Waals surface area contributed by atoms with Crippen LogP contribution in [0.4, 0.5) is 0 Å². The van der Waals surface area contributed by atoms with Crippen LogP contribution < -0.4 is 0 Å². The third kappa shape index (κ3) is 18.1. The molecule has 0 saturated heterocycles. The molecule has 8 aromatic heterocycles. The fourth-order valence-corrected chi connectivity index (χ4v) is 20.5. The number of rotatable bonds is 17. The van der Waals surface area contributed by atoms with Crippen molar-refractivity contribution < 1.29 is 13.3 Å². The maximum Gasteiger partial charge on any atom is 0.164 e. The van der Waals surface area contributed by atoms with Crippen LogP contribution in [-0.4, -0.2) is 49.8 Å². The largest absolute Gasteiger partial charge is 0.456 e. The standard InChI is InChI=1S/C45H27N3OS.C45H29N3O.C44H28N4O/c1-2-8-28(9-3-1)31-18-19-33-25-35(21-20-32(33)24-31)44-46-43(30-16-14-29(15-17-30)40-26-34-10-4-6-12-39(34)49-40)47-45(48-44)36-22-23-38-37-11-5-7-13-41(37)50-42(38)27-36;1-3-11-30(12-4-1)34-23-24-36-28-38(26-25-35(36)27-34)44-46-43(33-21-19-32(20-22-33)42-29-37-15-7-10-18-41(37)49-42)47-45(48-44)40-17-9-8-16-39(40)31-13-5-2-6-14-31;1-2-7-29(8-3-1)34-20-21-36-26-38(23-22-35(36)25-34)44-47-42(32-16-12-30(13-17-32)39-10-6-24-45-28-39)46-43(48-44)33-18-14-31(15-19-33)41-27-37-9-4-5-11-40(37)49-41/h1-27H;1-29H;1-28H. The van der Waals surface area contributed by atoms with Gasteiger partial charge in [-0.1, -0.05) is 406 Å². The summed E-state index contributed by atoms with van der Waals surface area (Å²) in [5.41, 5.74) is 25.4. The molecule has 0 fully saturated rings. The van der Waals surface area contributed by atoms with Crippen molar-refractivity contribution in [2.45, 2.75) is 0 Å². The van der Waals surface area contributed by atoms with Crippen molar-refractivity contribution in [3.8, 4) is 192 Å². The Bertz CT molecular complexity index is 9730. The summed E-state index contributed by atoms with van der Waals surface area (Å²) < 4.78 is 20.9. The van der Waals surface area contributed by atoms with Gasteiger partial charge in [0, 0.05) is 115 Å². The fourth-order valence-electron chi connectivity index (χ4n) is 19.3. The molecular weight excluding hydrogens is 1830 g/mol. The highest BCUT2D eigenvalue weighted by Crippen LogP contribution is 2.43. The van der Waals surface area contributed by atoms with E-state index in [-0.39, 0.29) is 0 Å². The molecule has 0 spiro atoms. The van der Waals surface area contributed by atoms with Gasteiger partial charge >= 0.3 is 0 Å². The molecule has 0 radical (unpaired) electrons. The quantitative estimate of drug-likeness (QED) is 0.0845. The number of nitrogens with zero attached hydrogens (tertiary/aromatic N) is 10. The van der Waals surface area contributed by atoms with Crippen molar-refractivity contribution in [3.63, 3.8) is 0 Å². The average molecular weight is 1910 g/mol. The maximum atomic E-state index is 6.14. The van der Waals surface area contributed by atoms with Crippen molar-refractivity contribution in [2.24, 2.45) is 0 Å². The van der Waals surface area contributed by atoms with Gasteiger partial charge in [-0.3, -0.25) is 4.98 Å². The van der Waals surface area contributed by atoms with Gasteiger partial charge in [-0.25, -0.2) is 44.9 Å². The fraction of sp³-hybridized carbons (Fsp3) is 0. The normalized spacial score (nSPS) is 11.4. The third-order valence-corrected chi connectivity index (χ3v) is 28.2. The van der Waals surface area contributed by atoms with Gasteiger partial charge < -0.3 is 13.3 Å². The Hall–Kier alpha value is -19.8. The van der Waals surface area contributed by atoms with E-state index in [0.29, 0.717) is 52.4 Å². The number of para-hydroxylation sites is 3. The minimum Gasteiger partial charge on any atom is -0.456 e. The molecule has 28 aromatic rings. The molecule has 0 aliphatic rings. The van der Waals surface area contributed by atoms with Gasteiger partial charge in [0.25, 0.3) is 0 Å². The molecule has 8 heterocycles. The monoisotopic (exact) mass is 1910 g/mol. The zero-order valence-corrected chi connectivity index (χ0v) is 80.4. The number of thiophene rings is 1. The van der Waals surface area contributed by atoms with E-state index in [1.165, 1.54) is 58.9 Å². The molecule has 0 aliphatic carbocycles. The van der Waals surface area contributed by atoms with Crippen molar-refractivity contribution in [1.29, 1.82) is 0 Å². The summed E-state index contributed by atoms with van der Waals surface area (Å²) in [6.07, 6.45) is 3.65. The Morgan fingerprint density at radius 2 is 0.412 bits per heavy atom. The van der Waals surface area contributed by atoms with Gasteiger partial charge in [-0.15, -0.1) is 11.3 Å². The number of fused-ring (bicyclic) bond motifs is 9. The van der Waals surface area contributed by atoms with Gasteiger partial charge in [-0.2, -0.15) is 0 Å². The van der Waals surface area contributed by atoms with E-state index in [4.69, 9.17) is 58.1 Å². The molecule has 0 amide bonds. The molecule has 0 atom stereocenters. The highest BCUT2D eigenvalue weighted by atomic mass is 32.1. The average Bonchev–Trinajstić information content (AvgIpc) is 1.37. The molecule has 148 heavy (non-hydrogen) atoms. The van der Waals surface area contributed by atoms with Crippen LogP contribution in [0.5, 0.6) is 0 Å². The smallest absolute Gasteiger partial charge is 0.164 e. The zero-order chi connectivity index (χ0) is 98.2. The van der Waals surface area contributed by atoms with E-state index < -0.39 is 0 Å². The molecule has 14 heteroatoms. The highest BCUT2D eigenvalue weighted by molar-refractivity contribution is 7.25. The number of hydrogen-bond acceptors (Lipinski definition) is 14. The Morgan fingerprint density at radius 1 is 0.149 bits per heavy atom. The molecule has 694 valence electrons. The number of hydrogen-bond donors (Lipinski definition) is 0. The van der Waals surface area contributed by atoms with Gasteiger partial charge in [-0.05, 0) is 179 Å². The van der Waals surface area contributed by atoms with Crippen LogP contribution in [-0.2, 0) is 0 Å². The molecular formula is C134H84N10O3S. The summed E-state index contributed by atoms with van der Waals surface area (Å²) in [6, 6.07) is 171. The second-order valence-electron chi connectivity index (χ2n) is 36.6. The summed E-state index contributed by atoms with van der Waals surface area (Å²) in [5, 5.41) is 12.6. The first-order chi connectivity index (χ1) is 73.2. The first-order valence-electron chi connectivity index (χ1n) is 49.1. The second kappa shape index (κ2) is 38.9. The lowest BCUT2D eigenvalue weighted by atomic mass is 9.98. The maximum absolute atomic E-state index is 6.14. The van der Waals surface area contributed by atoms with Gasteiger partial charge in [0.2, 0.25) is 0 Å². The number of pyridine rings is 1. The topological polar surface area (TPSA) is 168 Å². The van der Waals surface area contributed by atoms with Crippen LogP contribution in [0.2, 0.25) is 0 Å². The first-order valence-corrected chi connectivity index (χ1v) is 49.9. The number of benzene rings is 20. The van der Waals surface area contributed by atoms with Crippen molar-refractivity contribution in [1.82, 2.24) is 49.8 Å². The van der Waals surface area contributed by atoms with Crippen molar-refractivity contribution >= 4 is 96.7 Å². The van der Waals surface area contributed by atoms with E-state index in [2.05, 4.69) is 399 Å². The Labute approximate surface area is 855 Å². The van der Waals surface area contributed by atoms with Crippen LogP contribution in [0.3, 0.4) is 0 Å². The van der Waals surface area contributed by atoms with E-state index in [0.717, 1.165) is 166 Å². The second-order valence-corrected chi connectivity index (χ2v) is 37.6. The molecule has 0 unspecified atom stereocenters. The van der Waals surface area contributed by atoms with E-state index in [9.17, 15) is 0 Å². The number of furan rings is 3. The van der Waals surface area contributed by atoms with Crippen LogP contribution in [0.25, 0.3) is 277 Å². The summed E-state index contributed by atoms with van der Waals surface area (Å²) in [4.78, 5) is 49.8. The summed E-state index contributed by atoms with van der Waals surface area (Å²) in [5.74, 6) is 8.07. The lowest BCUT2D eigenvalue weighted by Crippen LogP contribution is -2.01. The Kier molecular flexibility index (Phi) is 23.2. The molecule has 0 saturated carbocycles. The molecule has 13 nitrogen and oxygen atoms in total. The van der Waals surface area contributed by atoms with E-state index >= 15 is 0 Å². The Balaban J connectivity index is 0.000000112. The summed E-state index contributed by atoms with van der Waals surface area (Å²) in [7, 11) is 0.